The van der Waals surface area contributed by atoms with Crippen molar-refractivity contribution in [1.29, 1.82) is 0 Å². The minimum absolute atomic E-state index is 0.176. The molecular weight excluding hydrogens is 1150 g/mol. The Kier molecular flexibility index (Phi) is 69.6. The third-order valence-electron chi connectivity index (χ3n) is 16.4. The Bertz CT molecular complexity index is 2000. The van der Waals surface area contributed by atoms with Gasteiger partial charge < -0.3 is 28.5 Å². The van der Waals surface area contributed by atoms with Crippen LogP contribution in [-0.4, -0.2) is 87.4 Å². The van der Waals surface area contributed by atoms with Crippen molar-refractivity contribution >= 4 is 17.9 Å². The molecule has 2 atom stereocenters. The Morgan fingerprint density at radius 1 is 0.333 bits per heavy atom. The summed E-state index contributed by atoms with van der Waals surface area (Å²) in [6.45, 7) is 4.75. The van der Waals surface area contributed by atoms with Crippen molar-refractivity contribution in [3.05, 3.63) is 134 Å². The van der Waals surface area contributed by atoms with Crippen LogP contribution in [0, 0.1) is 0 Å². The average Bonchev–Trinajstić information content (AvgIpc) is 3.73. The number of hydrogen-bond donors (Lipinski definition) is 1. The molecule has 532 valence electrons. The van der Waals surface area contributed by atoms with Gasteiger partial charge in [0.1, 0.15) is 13.2 Å². The number of esters is 2. The summed E-state index contributed by atoms with van der Waals surface area (Å²) in [7, 11) is 5.97. The zero-order chi connectivity index (χ0) is 67.5. The molecule has 0 amide bonds. The van der Waals surface area contributed by atoms with Gasteiger partial charge in [-0.25, -0.2) is 4.79 Å². The normalized spacial score (nSPS) is 13.4. The molecule has 0 heterocycles. The lowest BCUT2D eigenvalue weighted by Crippen LogP contribution is -2.40. The van der Waals surface area contributed by atoms with Gasteiger partial charge in [-0.05, 0) is 96.3 Å². The van der Waals surface area contributed by atoms with E-state index in [4.69, 9.17) is 18.9 Å². The van der Waals surface area contributed by atoms with Crippen molar-refractivity contribution in [1.82, 2.24) is 0 Å². The van der Waals surface area contributed by atoms with Crippen molar-refractivity contribution in [3.8, 4) is 0 Å². The van der Waals surface area contributed by atoms with Crippen molar-refractivity contribution in [2.75, 3.05) is 47.5 Å². The predicted molar refractivity (Wildman–Crippen MR) is 401 cm³/mol. The van der Waals surface area contributed by atoms with Crippen LogP contribution < -0.4 is 0 Å². The van der Waals surface area contributed by atoms with E-state index in [1.165, 1.54) is 180 Å². The molecule has 0 aromatic carbocycles. The first-order chi connectivity index (χ1) is 45.6. The van der Waals surface area contributed by atoms with Crippen molar-refractivity contribution in [3.63, 3.8) is 0 Å². The van der Waals surface area contributed by atoms with Gasteiger partial charge in [0.2, 0.25) is 0 Å². The zero-order valence-electron chi connectivity index (χ0n) is 60.9. The summed E-state index contributed by atoms with van der Waals surface area (Å²) in [6, 6.07) is 0. The number of unbranched alkanes of at least 4 members (excludes halogenated alkanes) is 33. The van der Waals surface area contributed by atoms with Crippen LogP contribution in [0.1, 0.15) is 322 Å². The van der Waals surface area contributed by atoms with Crippen LogP contribution in [0.2, 0.25) is 0 Å². The van der Waals surface area contributed by atoms with Crippen LogP contribution in [-0.2, 0) is 33.3 Å². The summed E-state index contributed by atoms with van der Waals surface area (Å²) in [5, 5.41) is 9.76. The van der Waals surface area contributed by atoms with Crippen LogP contribution in [0.4, 0.5) is 0 Å². The maximum atomic E-state index is 13.0. The number of ether oxygens (including phenoxy) is 4. The monoisotopic (exact) mass is 1300 g/mol. The summed E-state index contributed by atoms with van der Waals surface area (Å²) in [4.78, 5) is 37.7. The molecule has 0 saturated heterocycles. The maximum Gasteiger partial charge on any atom is 0.361 e. The minimum atomic E-state index is -1.53. The predicted octanol–water partition coefficient (Wildman–Crippen LogP) is 24.5. The van der Waals surface area contributed by atoms with E-state index in [9.17, 15) is 19.5 Å². The smallest absolute Gasteiger partial charge is 0.361 e. The molecular formula is C84H144NO8+. The quantitative estimate of drug-likeness (QED) is 0.0211. The maximum absolute atomic E-state index is 13.0. The van der Waals surface area contributed by atoms with Crippen molar-refractivity contribution < 1.29 is 42.9 Å². The van der Waals surface area contributed by atoms with E-state index in [1.54, 1.807) is 0 Å². The Hall–Kier alpha value is -4.57. The van der Waals surface area contributed by atoms with Gasteiger partial charge in [0.05, 0.1) is 34.4 Å². The molecule has 0 aliphatic carbocycles. The molecule has 0 aliphatic heterocycles. The first-order valence-corrected chi connectivity index (χ1v) is 38.3. The van der Waals surface area contributed by atoms with Crippen molar-refractivity contribution in [2.45, 2.75) is 334 Å². The van der Waals surface area contributed by atoms with Crippen LogP contribution in [0.5, 0.6) is 0 Å². The highest BCUT2D eigenvalue weighted by Gasteiger charge is 2.25. The van der Waals surface area contributed by atoms with E-state index in [0.717, 1.165) is 109 Å². The molecule has 9 heteroatoms. The summed E-state index contributed by atoms with van der Waals surface area (Å²) < 4.78 is 23.0. The molecule has 0 fully saturated rings. The molecule has 0 bridgehead atoms. The van der Waals surface area contributed by atoms with E-state index >= 15 is 0 Å². The van der Waals surface area contributed by atoms with Gasteiger partial charge in [-0.2, -0.15) is 0 Å². The molecule has 93 heavy (non-hydrogen) atoms. The number of quaternary nitrogens is 1. The van der Waals surface area contributed by atoms with Gasteiger partial charge in [-0.3, -0.25) is 9.59 Å². The fourth-order valence-corrected chi connectivity index (χ4v) is 10.6. The number of carboxylic acid groups (broad SMARTS) is 1. The number of carboxylic acids is 1. The van der Waals surface area contributed by atoms with Crippen LogP contribution in [0.3, 0.4) is 0 Å². The molecule has 1 N–H and O–H groups in total. The topological polar surface area (TPSA) is 108 Å². The fourth-order valence-electron chi connectivity index (χ4n) is 10.6. The summed E-state index contributed by atoms with van der Waals surface area (Å²) in [6.07, 6.45) is 103. The van der Waals surface area contributed by atoms with Gasteiger partial charge in [0, 0.05) is 12.8 Å². The lowest BCUT2D eigenvalue weighted by Gasteiger charge is -2.25. The van der Waals surface area contributed by atoms with Crippen LogP contribution >= 0.6 is 0 Å². The summed E-state index contributed by atoms with van der Waals surface area (Å²) >= 11 is 0. The van der Waals surface area contributed by atoms with Gasteiger partial charge in [0.25, 0.3) is 6.29 Å². The Balaban J connectivity index is 4.17. The molecule has 0 rings (SSSR count). The highest BCUT2D eigenvalue weighted by Crippen LogP contribution is 2.18. The van der Waals surface area contributed by atoms with E-state index in [0.29, 0.717) is 23.9 Å². The van der Waals surface area contributed by atoms with Gasteiger partial charge >= 0.3 is 17.9 Å². The third kappa shape index (κ3) is 74.7. The Labute approximate surface area is 573 Å². The molecule has 0 radical (unpaired) electrons. The molecule has 0 saturated carbocycles. The number of carbonyl (C=O) groups is 3. The number of hydrogen-bond acceptors (Lipinski definition) is 7. The highest BCUT2D eigenvalue weighted by molar-refractivity contribution is 5.71. The third-order valence-corrected chi connectivity index (χ3v) is 16.4. The largest absolute Gasteiger partial charge is 0.477 e. The Morgan fingerprint density at radius 3 is 0.914 bits per heavy atom. The molecule has 0 aromatic rings. The standard InChI is InChI=1S/C84H143NO8/c1-6-8-10-12-14-16-18-20-22-24-26-28-30-32-34-36-38-39-40-41-42-43-45-47-49-51-53-55-57-59-61-63-65-67-69-71-73-75-82(87)93-80(79-92-84(83(88)89)90-77-76-85(3,4)5)78-91-81(86)74-72-70-68-66-64-62-60-58-56-54-52-50-48-46-44-37-35-33-31-29-27-25-23-21-19-17-15-13-11-9-7-2/h8,10,14,16,20,22,26,28,32,34,38-39,41-42,45,47,51,53,57,59,63,65,80,84H,6-7,9,11-13,15,17-19,21,23-25,27,29-31,33,35-37,40,43-44,46,48-50,52,54-56,58,60-62,64,66-79H2,1-5H3/p+1/b10-8-,16-14-,22-20-,28-26-,34-32-,39-38-,42-41-,47-45-,53-51-,59-57-,65-63-. The number of rotatable bonds is 70. The fraction of sp³-hybridized carbons (Fsp3) is 0.702. The summed E-state index contributed by atoms with van der Waals surface area (Å²) in [5.74, 6) is -2.05. The van der Waals surface area contributed by atoms with Crippen LogP contribution in [0.25, 0.3) is 0 Å². The van der Waals surface area contributed by atoms with E-state index in [-0.39, 0.29) is 32.2 Å². The second-order valence-corrected chi connectivity index (χ2v) is 26.6. The molecule has 0 aliphatic rings. The molecule has 9 nitrogen and oxygen atoms in total. The van der Waals surface area contributed by atoms with Gasteiger partial charge in [-0.1, -0.05) is 347 Å². The second kappa shape index (κ2) is 73.2. The van der Waals surface area contributed by atoms with Gasteiger partial charge in [0.15, 0.2) is 6.10 Å². The minimum Gasteiger partial charge on any atom is -0.477 e. The first-order valence-electron chi connectivity index (χ1n) is 38.3. The summed E-state index contributed by atoms with van der Waals surface area (Å²) in [5.41, 5.74) is 0. The lowest BCUT2D eigenvalue weighted by atomic mass is 10.0. The van der Waals surface area contributed by atoms with Gasteiger partial charge in [-0.15, -0.1) is 0 Å². The number of aliphatic carboxylic acids is 1. The van der Waals surface area contributed by atoms with E-state index < -0.39 is 24.3 Å². The number of nitrogens with zero attached hydrogens (tertiary/aromatic N) is 1. The van der Waals surface area contributed by atoms with E-state index in [2.05, 4.69) is 148 Å². The zero-order valence-corrected chi connectivity index (χ0v) is 60.9. The SMILES string of the molecule is CC/C=C\C/C=C\C/C=C\C/C=C\C/C=C\C/C=C\C/C=C\C/C=C\C/C=C\C/C=C\C/C=C\CCCCCC(=O)OC(COC(=O)CCCCCCCCCCCCCCCCCCCCCCCCCCCCCCCCC)COC(OCC[N+](C)(C)C)C(=O)O. The lowest BCUT2D eigenvalue weighted by molar-refractivity contribution is -0.870. The molecule has 0 spiro atoms. The average molecular weight is 1300 g/mol. The highest BCUT2D eigenvalue weighted by atomic mass is 16.7. The molecule has 0 aromatic heterocycles. The van der Waals surface area contributed by atoms with E-state index in [1.807, 2.05) is 21.1 Å². The second-order valence-electron chi connectivity index (χ2n) is 26.6. The number of allylic oxidation sites excluding steroid dienone is 22. The number of carbonyl (C=O) groups excluding carboxylic acids is 2. The first kappa shape index (κ1) is 88.4. The Morgan fingerprint density at radius 2 is 0.613 bits per heavy atom. The molecule has 2 unspecified atom stereocenters. The van der Waals surface area contributed by atoms with Crippen LogP contribution in [0.15, 0.2) is 134 Å². The van der Waals surface area contributed by atoms with Crippen molar-refractivity contribution in [2.24, 2.45) is 0 Å². The number of likely N-dealkylation sites (N-methyl/N-ethyl adjacent to an activating group) is 1.